The number of aromatic nitrogens is 2. The minimum absolute atomic E-state index is 0.472. The number of rotatable bonds is 7. The zero-order valence-electron chi connectivity index (χ0n) is 18.5. The summed E-state index contributed by atoms with van der Waals surface area (Å²) >= 11 is 0. The van der Waals surface area contributed by atoms with E-state index in [1.165, 1.54) is 17.7 Å². The first-order valence-electron chi connectivity index (χ1n) is 11.0. The molecular formula is C25H29F2N5. The fraction of sp³-hybridized carbons (Fsp3) is 0.360. The van der Waals surface area contributed by atoms with E-state index in [0.717, 1.165) is 37.0 Å². The molecule has 2 atom stereocenters. The summed E-state index contributed by atoms with van der Waals surface area (Å²) in [6, 6.07) is 14.9. The van der Waals surface area contributed by atoms with Crippen LogP contribution in [0.15, 0.2) is 54.7 Å². The first-order chi connectivity index (χ1) is 15.4. The van der Waals surface area contributed by atoms with Crippen LogP contribution in [-0.2, 0) is 13.0 Å². The summed E-state index contributed by atoms with van der Waals surface area (Å²) in [5.74, 6) is -0.639. The molecule has 0 aliphatic carbocycles. The van der Waals surface area contributed by atoms with Gasteiger partial charge in [-0.1, -0.05) is 18.2 Å². The van der Waals surface area contributed by atoms with Crippen molar-refractivity contribution in [1.82, 2.24) is 20.2 Å². The summed E-state index contributed by atoms with van der Waals surface area (Å²) in [7, 11) is 0. The van der Waals surface area contributed by atoms with Gasteiger partial charge in [-0.25, -0.2) is 18.7 Å². The van der Waals surface area contributed by atoms with Crippen molar-refractivity contribution >= 4 is 5.95 Å². The first kappa shape index (κ1) is 22.3. The van der Waals surface area contributed by atoms with E-state index in [1.807, 2.05) is 12.1 Å². The maximum Gasteiger partial charge on any atom is 0.223 e. The van der Waals surface area contributed by atoms with Crippen LogP contribution in [0.2, 0.25) is 0 Å². The minimum Gasteiger partial charge on any atom is -0.354 e. The molecule has 168 valence electrons. The van der Waals surface area contributed by atoms with E-state index in [9.17, 15) is 8.78 Å². The van der Waals surface area contributed by atoms with Gasteiger partial charge in [-0.05, 0) is 55.7 Å². The van der Waals surface area contributed by atoms with Crippen LogP contribution in [0.5, 0.6) is 0 Å². The molecule has 3 aromatic rings. The number of halogens is 2. The molecule has 32 heavy (non-hydrogen) atoms. The van der Waals surface area contributed by atoms with E-state index in [-0.39, 0.29) is 0 Å². The fourth-order valence-electron chi connectivity index (χ4n) is 4.34. The molecule has 0 radical (unpaired) electrons. The van der Waals surface area contributed by atoms with Gasteiger partial charge in [0.1, 0.15) is 11.6 Å². The van der Waals surface area contributed by atoms with E-state index in [2.05, 4.69) is 57.5 Å². The van der Waals surface area contributed by atoms with E-state index in [4.69, 9.17) is 0 Å². The lowest BCUT2D eigenvalue weighted by molar-refractivity contribution is 0.166. The predicted molar refractivity (Wildman–Crippen MR) is 123 cm³/mol. The maximum absolute atomic E-state index is 13.3. The summed E-state index contributed by atoms with van der Waals surface area (Å²) < 4.78 is 26.7. The van der Waals surface area contributed by atoms with Crippen molar-refractivity contribution in [2.45, 2.75) is 38.9 Å². The lowest BCUT2D eigenvalue weighted by atomic mass is 10.1. The first-order valence-corrected chi connectivity index (χ1v) is 11.0. The van der Waals surface area contributed by atoms with Crippen molar-refractivity contribution in [1.29, 1.82) is 0 Å². The van der Waals surface area contributed by atoms with Crippen LogP contribution in [0.1, 0.15) is 25.0 Å². The zero-order chi connectivity index (χ0) is 22.5. The Kier molecular flexibility index (Phi) is 7.07. The van der Waals surface area contributed by atoms with Gasteiger partial charge in [0, 0.05) is 56.1 Å². The maximum atomic E-state index is 13.3. The van der Waals surface area contributed by atoms with E-state index in [1.54, 1.807) is 6.20 Å². The van der Waals surface area contributed by atoms with Crippen molar-refractivity contribution in [3.8, 4) is 11.3 Å². The predicted octanol–water partition coefficient (Wildman–Crippen LogP) is 4.26. The second kappa shape index (κ2) is 10.1. The van der Waals surface area contributed by atoms with Crippen molar-refractivity contribution in [2.75, 3.05) is 25.0 Å². The Morgan fingerprint density at radius 1 is 1.00 bits per heavy atom. The topological polar surface area (TPSA) is 53.1 Å². The van der Waals surface area contributed by atoms with Gasteiger partial charge in [-0.15, -0.1) is 0 Å². The molecule has 1 saturated heterocycles. The van der Waals surface area contributed by atoms with Crippen LogP contribution in [0, 0.1) is 11.6 Å². The molecule has 2 aromatic carbocycles. The third-order valence-corrected chi connectivity index (χ3v) is 5.54. The Hall–Kier alpha value is -2.90. The normalized spacial score (nSPS) is 19.1. The number of nitrogens with one attached hydrogen (secondary N) is 2. The molecule has 5 nitrogen and oxygen atoms in total. The standard InChI is InChI=1S/C25H29F2N5/c1-17-14-32(15-18(2)30-17)16-20-4-3-5-21(10-20)24-7-9-29-25(31-24)28-8-6-19-11-22(26)13-23(27)12-19/h3-5,7,9-13,17-18,30H,6,8,14-16H2,1-2H3,(H,28,29,31). The molecule has 4 rings (SSSR count). The van der Waals surface area contributed by atoms with Crippen molar-refractivity contribution in [3.05, 3.63) is 77.5 Å². The van der Waals surface area contributed by atoms with Gasteiger partial charge in [0.15, 0.2) is 0 Å². The highest BCUT2D eigenvalue weighted by Crippen LogP contribution is 2.21. The molecular weight excluding hydrogens is 408 g/mol. The minimum atomic E-state index is -0.567. The molecule has 0 bridgehead atoms. The van der Waals surface area contributed by atoms with Gasteiger partial charge in [-0.2, -0.15) is 0 Å². The number of benzene rings is 2. The van der Waals surface area contributed by atoms with Crippen LogP contribution in [0.4, 0.5) is 14.7 Å². The number of nitrogens with zero attached hydrogens (tertiary/aromatic N) is 3. The van der Waals surface area contributed by atoms with Crippen LogP contribution >= 0.6 is 0 Å². The van der Waals surface area contributed by atoms with E-state index < -0.39 is 11.6 Å². The molecule has 1 fully saturated rings. The number of anilines is 1. The summed E-state index contributed by atoms with van der Waals surface area (Å²) in [4.78, 5) is 11.4. The molecule has 0 saturated carbocycles. The van der Waals surface area contributed by atoms with Gasteiger partial charge in [-0.3, -0.25) is 4.90 Å². The quantitative estimate of drug-likeness (QED) is 0.579. The summed E-state index contributed by atoms with van der Waals surface area (Å²) in [5.41, 5.74) is 3.72. The third kappa shape index (κ3) is 6.08. The zero-order valence-corrected chi connectivity index (χ0v) is 18.5. The molecule has 7 heteroatoms. The molecule has 0 spiro atoms. The van der Waals surface area contributed by atoms with Crippen molar-refractivity contribution < 1.29 is 8.78 Å². The Bertz CT molecular complexity index is 1030. The average Bonchev–Trinajstić information content (AvgIpc) is 2.73. The SMILES string of the molecule is CC1CN(Cc2cccc(-c3ccnc(NCCc4cc(F)cc(F)c4)n3)c2)CC(C)N1. The smallest absolute Gasteiger partial charge is 0.223 e. The number of hydrogen-bond acceptors (Lipinski definition) is 5. The lowest BCUT2D eigenvalue weighted by Crippen LogP contribution is -2.53. The highest BCUT2D eigenvalue weighted by molar-refractivity contribution is 5.60. The summed E-state index contributed by atoms with van der Waals surface area (Å²) in [6.45, 7) is 7.89. The second-order valence-corrected chi connectivity index (χ2v) is 8.58. The monoisotopic (exact) mass is 437 g/mol. The molecule has 1 aromatic heterocycles. The molecule has 2 unspecified atom stereocenters. The highest BCUT2D eigenvalue weighted by atomic mass is 19.1. The number of hydrogen-bond donors (Lipinski definition) is 2. The molecule has 2 heterocycles. The van der Waals surface area contributed by atoms with Gasteiger partial charge in [0.2, 0.25) is 5.95 Å². The molecule has 2 N–H and O–H groups in total. The molecule has 1 aliphatic heterocycles. The average molecular weight is 438 g/mol. The van der Waals surface area contributed by atoms with Crippen LogP contribution in [0.3, 0.4) is 0 Å². The van der Waals surface area contributed by atoms with Gasteiger partial charge in [0.05, 0.1) is 5.69 Å². The summed E-state index contributed by atoms with van der Waals surface area (Å²) in [5, 5.41) is 6.72. The Labute approximate surface area is 187 Å². The van der Waals surface area contributed by atoms with Crippen molar-refractivity contribution in [2.24, 2.45) is 0 Å². The van der Waals surface area contributed by atoms with Gasteiger partial charge in [0.25, 0.3) is 0 Å². The van der Waals surface area contributed by atoms with Crippen LogP contribution < -0.4 is 10.6 Å². The van der Waals surface area contributed by atoms with Crippen molar-refractivity contribution in [3.63, 3.8) is 0 Å². The van der Waals surface area contributed by atoms with Gasteiger partial charge >= 0.3 is 0 Å². The number of piperazine rings is 1. The Morgan fingerprint density at radius 3 is 2.50 bits per heavy atom. The summed E-state index contributed by atoms with van der Waals surface area (Å²) in [6.07, 6.45) is 2.19. The van der Waals surface area contributed by atoms with E-state index >= 15 is 0 Å². The molecule has 1 aliphatic rings. The van der Waals surface area contributed by atoms with Crippen LogP contribution in [0.25, 0.3) is 11.3 Å². The van der Waals surface area contributed by atoms with Gasteiger partial charge < -0.3 is 10.6 Å². The lowest BCUT2D eigenvalue weighted by Gasteiger charge is -2.36. The largest absolute Gasteiger partial charge is 0.354 e. The third-order valence-electron chi connectivity index (χ3n) is 5.54. The van der Waals surface area contributed by atoms with Crippen LogP contribution in [-0.4, -0.2) is 46.6 Å². The highest BCUT2D eigenvalue weighted by Gasteiger charge is 2.20. The second-order valence-electron chi connectivity index (χ2n) is 8.58. The Morgan fingerprint density at radius 2 is 1.75 bits per heavy atom. The van der Waals surface area contributed by atoms with E-state index in [0.29, 0.717) is 36.6 Å². The molecule has 0 amide bonds. The fourth-order valence-corrected chi connectivity index (χ4v) is 4.34. The Balaban J connectivity index is 1.40.